The van der Waals surface area contributed by atoms with E-state index in [4.69, 9.17) is 27.9 Å². The highest BCUT2D eigenvalue weighted by molar-refractivity contribution is 7.98. The van der Waals surface area contributed by atoms with Gasteiger partial charge in [-0.1, -0.05) is 23.2 Å². The normalized spacial score (nSPS) is 11.0. The van der Waals surface area contributed by atoms with Crippen molar-refractivity contribution < 1.29 is 13.5 Å². The third kappa shape index (κ3) is 4.40. The van der Waals surface area contributed by atoms with Crippen molar-refractivity contribution in [3.8, 4) is 17.0 Å². The lowest BCUT2D eigenvalue weighted by Gasteiger charge is -2.15. The highest BCUT2D eigenvalue weighted by atomic mass is 35.5. The predicted octanol–water partition coefficient (Wildman–Crippen LogP) is 4.79. The number of rotatable bonds is 6. The number of hydrogen-bond donors (Lipinski definition) is 0. The highest BCUT2D eigenvalue weighted by Crippen LogP contribution is 2.31. The molecule has 1 aromatic heterocycles. The van der Waals surface area contributed by atoms with Crippen molar-refractivity contribution in [2.24, 2.45) is 0 Å². The first-order chi connectivity index (χ1) is 10.9. The van der Waals surface area contributed by atoms with Crippen molar-refractivity contribution in [1.82, 2.24) is 4.57 Å². The number of nitrogens with zero attached hydrogens (tertiary/aromatic N) is 1. The van der Waals surface area contributed by atoms with Gasteiger partial charge in [0.05, 0.1) is 17.3 Å². The Morgan fingerprint density at radius 1 is 1.22 bits per heavy atom. The quantitative estimate of drug-likeness (QED) is 0.676. The molecule has 1 heterocycles. The highest BCUT2D eigenvalue weighted by Gasteiger charge is 2.16. The molecule has 1 aromatic carbocycles. The average molecular weight is 380 g/mol. The Hall–Kier alpha value is -1.24. The van der Waals surface area contributed by atoms with Gasteiger partial charge in [-0.2, -0.15) is 0 Å². The van der Waals surface area contributed by atoms with Crippen LogP contribution in [0.4, 0.5) is 8.78 Å². The van der Waals surface area contributed by atoms with Gasteiger partial charge < -0.3 is 9.30 Å². The van der Waals surface area contributed by atoms with Crippen molar-refractivity contribution in [3.05, 3.63) is 50.7 Å². The van der Waals surface area contributed by atoms with E-state index in [1.165, 1.54) is 23.9 Å². The van der Waals surface area contributed by atoms with E-state index in [1.807, 2.05) is 6.26 Å². The summed E-state index contributed by atoms with van der Waals surface area (Å²) in [6.45, 7) is -0.754. The van der Waals surface area contributed by atoms with E-state index in [0.29, 0.717) is 22.3 Å². The second-order valence-electron chi connectivity index (χ2n) is 4.57. The summed E-state index contributed by atoms with van der Waals surface area (Å²) in [6, 6.07) is 7.75. The summed E-state index contributed by atoms with van der Waals surface area (Å²) in [5, 5.41) is 0.179. The molecule has 0 amide bonds. The molecule has 0 fully saturated rings. The summed E-state index contributed by atoms with van der Waals surface area (Å²) >= 11 is 13.5. The first-order valence-corrected chi connectivity index (χ1v) is 8.68. The van der Waals surface area contributed by atoms with Crippen LogP contribution in [0.25, 0.3) is 11.3 Å². The zero-order chi connectivity index (χ0) is 17.0. The van der Waals surface area contributed by atoms with Crippen LogP contribution in [-0.2, 0) is 6.54 Å². The number of thioether (sulfide) groups is 1. The van der Waals surface area contributed by atoms with Gasteiger partial charge in [-0.15, -0.1) is 11.8 Å². The Bertz CT molecular complexity index is 753. The number of halogens is 4. The molecule has 0 saturated carbocycles. The molecule has 2 aromatic rings. The van der Waals surface area contributed by atoms with Crippen molar-refractivity contribution >= 4 is 35.0 Å². The molecule has 0 unspecified atom stereocenters. The Labute approximate surface area is 146 Å². The standard InChI is InChI=1S/C15H13Cl2F2NO2S/c1-23-8-22-9-2-3-10(12(17)6-9)13-5-4-11(16)15(21)20(13)7-14(18)19/h2-6,14H,7-8H2,1H3. The van der Waals surface area contributed by atoms with E-state index in [0.717, 1.165) is 4.57 Å². The van der Waals surface area contributed by atoms with Crippen LogP contribution in [0.5, 0.6) is 5.75 Å². The number of ether oxygens (including phenoxy) is 1. The molecule has 0 aliphatic heterocycles. The molecule has 0 saturated heterocycles. The molecule has 8 heteroatoms. The molecular weight excluding hydrogens is 367 g/mol. The molecule has 23 heavy (non-hydrogen) atoms. The van der Waals surface area contributed by atoms with Crippen LogP contribution in [0, 0.1) is 0 Å². The van der Waals surface area contributed by atoms with Crippen LogP contribution in [-0.4, -0.2) is 23.2 Å². The monoisotopic (exact) mass is 379 g/mol. The molecular formula is C15H13Cl2F2NO2S. The predicted molar refractivity (Wildman–Crippen MR) is 91.2 cm³/mol. The Balaban J connectivity index is 2.49. The van der Waals surface area contributed by atoms with Gasteiger partial charge in [-0.05, 0) is 36.6 Å². The topological polar surface area (TPSA) is 31.2 Å². The minimum atomic E-state index is -2.69. The lowest BCUT2D eigenvalue weighted by molar-refractivity contribution is 0.126. The summed E-state index contributed by atoms with van der Waals surface area (Å²) in [6.07, 6.45) is -0.792. The van der Waals surface area contributed by atoms with Crippen molar-refractivity contribution in [3.63, 3.8) is 0 Å². The van der Waals surface area contributed by atoms with Crippen LogP contribution in [0.1, 0.15) is 0 Å². The fourth-order valence-corrected chi connectivity index (χ4v) is 2.71. The van der Waals surface area contributed by atoms with Gasteiger partial charge in [0, 0.05) is 5.56 Å². The second kappa shape index (κ2) is 8.04. The number of hydrogen-bond acceptors (Lipinski definition) is 3. The Kier molecular flexibility index (Phi) is 6.33. The maximum absolute atomic E-state index is 12.8. The Morgan fingerprint density at radius 3 is 2.57 bits per heavy atom. The molecule has 0 spiro atoms. The molecule has 3 nitrogen and oxygen atoms in total. The lowest BCUT2D eigenvalue weighted by atomic mass is 10.1. The van der Waals surface area contributed by atoms with Crippen LogP contribution in [0.3, 0.4) is 0 Å². The maximum Gasteiger partial charge on any atom is 0.269 e. The van der Waals surface area contributed by atoms with Gasteiger partial charge in [-0.3, -0.25) is 4.79 Å². The molecule has 0 aliphatic carbocycles. The maximum atomic E-state index is 12.8. The first-order valence-electron chi connectivity index (χ1n) is 6.53. The number of pyridine rings is 1. The van der Waals surface area contributed by atoms with Gasteiger partial charge >= 0.3 is 0 Å². The number of alkyl halides is 2. The molecule has 0 N–H and O–H groups in total. The van der Waals surface area contributed by atoms with Crippen LogP contribution < -0.4 is 10.3 Å². The third-order valence-electron chi connectivity index (χ3n) is 3.01. The van der Waals surface area contributed by atoms with Gasteiger partial charge in [-0.25, -0.2) is 8.78 Å². The van der Waals surface area contributed by atoms with Crippen molar-refractivity contribution in [2.75, 3.05) is 12.2 Å². The van der Waals surface area contributed by atoms with E-state index >= 15 is 0 Å². The lowest BCUT2D eigenvalue weighted by Crippen LogP contribution is -2.25. The fourth-order valence-electron chi connectivity index (χ4n) is 2.03. The van der Waals surface area contributed by atoms with Crippen LogP contribution in [0.15, 0.2) is 35.1 Å². The second-order valence-corrected chi connectivity index (χ2v) is 6.19. The van der Waals surface area contributed by atoms with E-state index in [1.54, 1.807) is 18.2 Å². The van der Waals surface area contributed by atoms with Gasteiger partial charge in [0.15, 0.2) is 0 Å². The van der Waals surface area contributed by atoms with Crippen molar-refractivity contribution in [2.45, 2.75) is 13.0 Å². The smallest absolute Gasteiger partial charge is 0.269 e. The fraction of sp³-hybridized carbons (Fsp3) is 0.267. The summed E-state index contributed by atoms with van der Waals surface area (Å²) in [5.41, 5.74) is 0.0574. The zero-order valence-electron chi connectivity index (χ0n) is 12.1. The molecule has 0 atom stereocenters. The Morgan fingerprint density at radius 2 is 1.96 bits per heavy atom. The molecule has 0 radical (unpaired) electrons. The van der Waals surface area contributed by atoms with Crippen LogP contribution >= 0.6 is 35.0 Å². The van der Waals surface area contributed by atoms with Gasteiger partial charge in [0.2, 0.25) is 0 Å². The SMILES string of the molecule is CSCOc1ccc(-c2ccc(Cl)c(=O)n2CC(F)F)c(Cl)c1. The summed E-state index contributed by atoms with van der Waals surface area (Å²) in [5.74, 6) is 1.03. The molecule has 124 valence electrons. The first kappa shape index (κ1) is 18.1. The van der Waals surface area contributed by atoms with Crippen molar-refractivity contribution in [1.29, 1.82) is 0 Å². The minimum Gasteiger partial charge on any atom is -0.483 e. The number of benzene rings is 1. The van der Waals surface area contributed by atoms with E-state index in [9.17, 15) is 13.6 Å². The minimum absolute atomic E-state index is 0.120. The van der Waals surface area contributed by atoms with E-state index in [-0.39, 0.29) is 10.7 Å². The summed E-state index contributed by atoms with van der Waals surface area (Å²) < 4.78 is 31.9. The van der Waals surface area contributed by atoms with E-state index in [2.05, 4.69) is 0 Å². The average Bonchev–Trinajstić information content (AvgIpc) is 2.50. The van der Waals surface area contributed by atoms with Gasteiger partial charge in [0.1, 0.15) is 16.7 Å². The zero-order valence-corrected chi connectivity index (χ0v) is 14.4. The molecule has 0 aliphatic rings. The third-order valence-corrected chi connectivity index (χ3v) is 3.96. The van der Waals surface area contributed by atoms with Gasteiger partial charge in [0.25, 0.3) is 12.0 Å². The largest absolute Gasteiger partial charge is 0.483 e. The molecule has 0 bridgehead atoms. The van der Waals surface area contributed by atoms with Crippen LogP contribution in [0.2, 0.25) is 10.0 Å². The summed E-state index contributed by atoms with van der Waals surface area (Å²) in [4.78, 5) is 12.0. The summed E-state index contributed by atoms with van der Waals surface area (Å²) in [7, 11) is 0. The molecule has 2 rings (SSSR count). The van der Waals surface area contributed by atoms with E-state index < -0.39 is 18.5 Å². The number of aromatic nitrogens is 1.